The summed E-state index contributed by atoms with van der Waals surface area (Å²) in [6.07, 6.45) is 6.18. The Labute approximate surface area is 116 Å². The summed E-state index contributed by atoms with van der Waals surface area (Å²) >= 11 is 0. The van der Waals surface area contributed by atoms with E-state index in [1.54, 1.807) is 13.8 Å². The van der Waals surface area contributed by atoms with Crippen molar-refractivity contribution < 1.29 is 14.7 Å². The van der Waals surface area contributed by atoms with Crippen molar-refractivity contribution in [1.82, 2.24) is 5.32 Å². The first kappa shape index (κ1) is 16.0. The average Bonchev–Trinajstić information content (AvgIpc) is 2.31. The zero-order valence-corrected chi connectivity index (χ0v) is 12.4. The molecular formula is C15H27NO3. The molecule has 1 aliphatic rings. The van der Waals surface area contributed by atoms with Crippen LogP contribution in [0.5, 0.6) is 0 Å². The summed E-state index contributed by atoms with van der Waals surface area (Å²) in [5, 5.41) is 11.8. The number of carboxylic acid groups (broad SMARTS) is 1. The van der Waals surface area contributed by atoms with Gasteiger partial charge in [-0.15, -0.1) is 0 Å². The van der Waals surface area contributed by atoms with Gasteiger partial charge in [-0.1, -0.05) is 32.6 Å². The SMILES string of the molecule is CC1CCC(CCNC(=O)CC(C)(C)C(=O)O)CC1. The molecule has 0 aromatic heterocycles. The van der Waals surface area contributed by atoms with Crippen LogP contribution in [-0.2, 0) is 9.59 Å². The zero-order valence-electron chi connectivity index (χ0n) is 12.4. The van der Waals surface area contributed by atoms with Crippen molar-refractivity contribution in [2.75, 3.05) is 6.54 Å². The minimum absolute atomic E-state index is 0.0457. The Bertz CT molecular complexity index is 317. The monoisotopic (exact) mass is 269 g/mol. The Morgan fingerprint density at radius 3 is 2.32 bits per heavy atom. The molecule has 0 atom stereocenters. The highest BCUT2D eigenvalue weighted by atomic mass is 16.4. The van der Waals surface area contributed by atoms with Crippen molar-refractivity contribution in [2.45, 2.75) is 59.3 Å². The molecular weight excluding hydrogens is 242 g/mol. The van der Waals surface area contributed by atoms with Crippen LogP contribution in [0.4, 0.5) is 0 Å². The molecule has 1 aliphatic carbocycles. The molecule has 19 heavy (non-hydrogen) atoms. The van der Waals surface area contributed by atoms with E-state index in [0.717, 1.165) is 18.3 Å². The predicted octanol–water partition coefficient (Wildman–Crippen LogP) is 2.82. The van der Waals surface area contributed by atoms with Crippen molar-refractivity contribution in [3.63, 3.8) is 0 Å². The second-order valence-electron chi connectivity index (χ2n) is 6.63. The number of aliphatic carboxylic acids is 1. The van der Waals surface area contributed by atoms with Gasteiger partial charge in [0.1, 0.15) is 0 Å². The van der Waals surface area contributed by atoms with Crippen LogP contribution in [0.15, 0.2) is 0 Å². The molecule has 4 heteroatoms. The van der Waals surface area contributed by atoms with E-state index in [2.05, 4.69) is 12.2 Å². The van der Waals surface area contributed by atoms with Gasteiger partial charge in [-0.05, 0) is 32.1 Å². The van der Waals surface area contributed by atoms with E-state index in [1.807, 2.05) is 0 Å². The predicted molar refractivity (Wildman–Crippen MR) is 74.8 cm³/mol. The number of nitrogens with one attached hydrogen (secondary N) is 1. The fourth-order valence-corrected chi connectivity index (χ4v) is 2.57. The third-order valence-corrected chi connectivity index (χ3v) is 4.19. The summed E-state index contributed by atoms with van der Waals surface area (Å²) in [4.78, 5) is 22.6. The van der Waals surface area contributed by atoms with Crippen LogP contribution in [0.2, 0.25) is 0 Å². The molecule has 1 saturated carbocycles. The zero-order chi connectivity index (χ0) is 14.5. The second kappa shape index (κ2) is 6.92. The van der Waals surface area contributed by atoms with Crippen molar-refractivity contribution in [2.24, 2.45) is 17.3 Å². The van der Waals surface area contributed by atoms with Crippen LogP contribution in [-0.4, -0.2) is 23.5 Å². The van der Waals surface area contributed by atoms with E-state index < -0.39 is 11.4 Å². The Balaban J connectivity index is 2.19. The van der Waals surface area contributed by atoms with Crippen molar-refractivity contribution >= 4 is 11.9 Å². The number of hydrogen-bond donors (Lipinski definition) is 2. The number of amides is 1. The quantitative estimate of drug-likeness (QED) is 0.779. The highest BCUT2D eigenvalue weighted by molar-refractivity contribution is 5.84. The van der Waals surface area contributed by atoms with E-state index in [0.29, 0.717) is 6.54 Å². The molecule has 1 fully saturated rings. The molecule has 0 saturated heterocycles. The van der Waals surface area contributed by atoms with Crippen LogP contribution in [0, 0.1) is 17.3 Å². The topological polar surface area (TPSA) is 66.4 Å². The maximum Gasteiger partial charge on any atom is 0.309 e. The van der Waals surface area contributed by atoms with E-state index in [-0.39, 0.29) is 12.3 Å². The molecule has 1 rings (SSSR count). The lowest BCUT2D eigenvalue weighted by molar-refractivity contribution is -0.149. The summed E-state index contributed by atoms with van der Waals surface area (Å²) in [5.41, 5.74) is -0.982. The van der Waals surface area contributed by atoms with Gasteiger partial charge in [0.15, 0.2) is 0 Å². The molecule has 0 bridgehead atoms. The van der Waals surface area contributed by atoms with Gasteiger partial charge in [-0.2, -0.15) is 0 Å². The van der Waals surface area contributed by atoms with E-state index in [4.69, 9.17) is 5.11 Å². The molecule has 0 unspecified atom stereocenters. The number of rotatable bonds is 6. The molecule has 4 nitrogen and oxygen atoms in total. The summed E-state index contributed by atoms with van der Waals surface area (Å²) in [6.45, 7) is 6.13. The van der Waals surface area contributed by atoms with Gasteiger partial charge in [0.25, 0.3) is 0 Å². The van der Waals surface area contributed by atoms with Gasteiger partial charge in [0.2, 0.25) is 5.91 Å². The molecule has 0 aliphatic heterocycles. The average molecular weight is 269 g/mol. The Kier molecular flexibility index (Phi) is 5.83. The Morgan fingerprint density at radius 2 is 1.79 bits per heavy atom. The first-order valence-electron chi connectivity index (χ1n) is 7.31. The van der Waals surface area contributed by atoms with E-state index >= 15 is 0 Å². The molecule has 0 aromatic carbocycles. The molecule has 0 spiro atoms. The largest absolute Gasteiger partial charge is 0.481 e. The lowest BCUT2D eigenvalue weighted by Crippen LogP contribution is -2.34. The lowest BCUT2D eigenvalue weighted by Gasteiger charge is -2.26. The first-order valence-corrected chi connectivity index (χ1v) is 7.31. The molecule has 2 N–H and O–H groups in total. The van der Waals surface area contributed by atoms with E-state index in [1.165, 1.54) is 25.7 Å². The third-order valence-electron chi connectivity index (χ3n) is 4.19. The minimum Gasteiger partial charge on any atom is -0.481 e. The smallest absolute Gasteiger partial charge is 0.309 e. The minimum atomic E-state index is -0.982. The van der Waals surface area contributed by atoms with Crippen LogP contribution in [0.1, 0.15) is 59.3 Å². The Morgan fingerprint density at radius 1 is 1.21 bits per heavy atom. The van der Waals surface area contributed by atoms with E-state index in [9.17, 15) is 9.59 Å². The second-order valence-corrected chi connectivity index (χ2v) is 6.63. The summed E-state index contributed by atoms with van der Waals surface area (Å²) in [5.74, 6) is 0.492. The van der Waals surface area contributed by atoms with Crippen LogP contribution in [0.3, 0.4) is 0 Å². The van der Waals surface area contributed by atoms with Crippen molar-refractivity contribution in [3.8, 4) is 0 Å². The van der Waals surface area contributed by atoms with Gasteiger partial charge in [-0.25, -0.2) is 0 Å². The van der Waals surface area contributed by atoms with Gasteiger partial charge < -0.3 is 10.4 Å². The Hall–Kier alpha value is -1.06. The maximum absolute atomic E-state index is 11.7. The maximum atomic E-state index is 11.7. The van der Waals surface area contributed by atoms with Crippen molar-refractivity contribution in [3.05, 3.63) is 0 Å². The normalized spacial score (nSPS) is 23.9. The van der Waals surface area contributed by atoms with Crippen LogP contribution < -0.4 is 5.32 Å². The molecule has 1 amide bonds. The summed E-state index contributed by atoms with van der Waals surface area (Å²) < 4.78 is 0. The van der Waals surface area contributed by atoms with Gasteiger partial charge in [-0.3, -0.25) is 9.59 Å². The third kappa shape index (κ3) is 5.62. The van der Waals surface area contributed by atoms with Gasteiger partial charge in [0.05, 0.1) is 5.41 Å². The number of carboxylic acids is 1. The number of hydrogen-bond acceptors (Lipinski definition) is 2. The fourth-order valence-electron chi connectivity index (χ4n) is 2.57. The van der Waals surface area contributed by atoms with Crippen LogP contribution >= 0.6 is 0 Å². The summed E-state index contributed by atoms with van der Waals surface area (Å²) in [7, 11) is 0. The molecule has 0 aromatic rings. The van der Waals surface area contributed by atoms with Gasteiger partial charge in [0, 0.05) is 13.0 Å². The molecule has 110 valence electrons. The van der Waals surface area contributed by atoms with Crippen molar-refractivity contribution in [1.29, 1.82) is 0 Å². The number of carbonyl (C=O) groups excluding carboxylic acids is 1. The molecule has 0 heterocycles. The van der Waals surface area contributed by atoms with Gasteiger partial charge >= 0.3 is 5.97 Å². The highest BCUT2D eigenvalue weighted by Gasteiger charge is 2.30. The fraction of sp³-hybridized carbons (Fsp3) is 0.867. The first-order chi connectivity index (χ1) is 8.81. The number of carbonyl (C=O) groups is 2. The standard InChI is InChI=1S/C15H27NO3/c1-11-4-6-12(7-5-11)8-9-16-13(17)10-15(2,3)14(18)19/h11-12H,4-10H2,1-3H3,(H,16,17)(H,18,19). The molecule has 0 radical (unpaired) electrons. The lowest BCUT2D eigenvalue weighted by atomic mass is 9.81. The summed E-state index contributed by atoms with van der Waals surface area (Å²) in [6, 6.07) is 0. The van der Waals surface area contributed by atoms with Crippen LogP contribution in [0.25, 0.3) is 0 Å². The highest BCUT2D eigenvalue weighted by Crippen LogP contribution is 2.30.